The average Bonchev–Trinajstić information content (AvgIpc) is 2.70. The number of amides is 1. The third-order valence-corrected chi connectivity index (χ3v) is 3.17. The highest BCUT2D eigenvalue weighted by Crippen LogP contribution is 2.31. The van der Waals surface area contributed by atoms with Crippen molar-refractivity contribution < 1.29 is 14.6 Å². The highest BCUT2D eigenvalue weighted by molar-refractivity contribution is 5.69. The summed E-state index contributed by atoms with van der Waals surface area (Å²) < 4.78 is 5.30. The number of ether oxygens (including phenoxy) is 1. The van der Waals surface area contributed by atoms with Gasteiger partial charge < -0.3 is 9.84 Å². The number of nitrogens with zero attached hydrogens (tertiary/aromatic N) is 1. The van der Waals surface area contributed by atoms with Gasteiger partial charge in [0, 0.05) is 18.9 Å². The normalized spacial score (nSPS) is 23.5. The molecule has 2 rings (SSSR count). The number of benzene rings is 1. The second kappa shape index (κ2) is 5.21. The molecule has 1 N–H and O–H groups in total. The van der Waals surface area contributed by atoms with Crippen molar-refractivity contribution >= 4 is 6.09 Å². The van der Waals surface area contributed by atoms with E-state index in [4.69, 9.17) is 4.74 Å². The molecule has 1 aromatic rings. The number of aliphatic hydroxyl groups is 1. The zero-order valence-corrected chi connectivity index (χ0v) is 11.7. The summed E-state index contributed by atoms with van der Waals surface area (Å²) in [5.74, 6) is 0.170. The minimum Gasteiger partial charge on any atom is -0.444 e. The van der Waals surface area contributed by atoms with Gasteiger partial charge in [0.1, 0.15) is 11.8 Å². The second-order valence-corrected chi connectivity index (χ2v) is 5.96. The fourth-order valence-electron chi connectivity index (χ4n) is 2.30. The van der Waals surface area contributed by atoms with Gasteiger partial charge >= 0.3 is 6.09 Å². The third-order valence-electron chi connectivity index (χ3n) is 3.17. The molecule has 1 aliphatic heterocycles. The minimum absolute atomic E-state index is 0.170. The van der Waals surface area contributed by atoms with Gasteiger partial charge in [-0.15, -0.1) is 0 Å². The molecule has 1 amide bonds. The molecule has 0 aliphatic carbocycles. The van der Waals surface area contributed by atoms with Crippen molar-refractivity contribution in [3.8, 4) is 0 Å². The Morgan fingerprint density at radius 2 is 1.95 bits per heavy atom. The van der Waals surface area contributed by atoms with Gasteiger partial charge in [0.05, 0.1) is 0 Å². The quantitative estimate of drug-likeness (QED) is 0.847. The molecule has 1 saturated heterocycles. The molecule has 2 unspecified atom stereocenters. The molecule has 4 nitrogen and oxygen atoms in total. The number of carbonyl (C=O) groups is 1. The first-order chi connectivity index (χ1) is 8.87. The first-order valence-electron chi connectivity index (χ1n) is 6.59. The first kappa shape index (κ1) is 13.9. The van der Waals surface area contributed by atoms with E-state index >= 15 is 0 Å². The van der Waals surface area contributed by atoms with E-state index in [1.807, 2.05) is 51.1 Å². The molecule has 1 fully saturated rings. The van der Waals surface area contributed by atoms with Crippen molar-refractivity contribution in [3.63, 3.8) is 0 Å². The van der Waals surface area contributed by atoms with Crippen LogP contribution in [0.4, 0.5) is 4.79 Å². The maximum absolute atomic E-state index is 12.0. The highest BCUT2D eigenvalue weighted by Gasteiger charge is 2.36. The van der Waals surface area contributed by atoms with Crippen LogP contribution in [0.25, 0.3) is 0 Å². The van der Waals surface area contributed by atoms with Crippen LogP contribution in [0, 0.1) is 0 Å². The van der Waals surface area contributed by atoms with Crippen LogP contribution in [-0.2, 0) is 4.74 Å². The van der Waals surface area contributed by atoms with Gasteiger partial charge in [-0.2, -0.15) is 0 Å². The zero-order valence-electron chi connectivity index (χ0n) is 11.7. The van der Waals surface area contributed by atoms with E-state index in [2.05, 4.69) is 0 Å². The Hall–Kier alpha value is -1.55. The van der Waals surface area contributed by atoms with E-state index in [0.29, 0.717) is 13.0 Å². The van der Waals surface area contributed by atoms with Gasteiger partial charge in [-0.3, -0.25) is 4.90 Å². The number of hydrogen-bond acceptors (Lipinski definition) is 3. The lowest BCUT2D eigenvalue weighted by Gasteiger charge is -2.26. The Balaban J connectivity index is 2.04. The fraction of sp³-hybridized carbons (Fsp3) is 0.533. The Bertz CT molecular complexity index is 438. The van der Waals surface area contributed by atoms with Crippen LogP contribution in [0.1, 0.15) is 38.7 Å². The van der Waals surface area contributed by atoms with Crippen molar-refractivity contribution in [1.29, 1.82) is 0 Å². The largest absolute Gasteiger partial charge is 0.444 e. The molecule has 0 bridgehead atoms. The summed E-state index contributed by atoms with van der Waals surface area (Å²) in [6.45, 7) is 5.96. The van der Waals surface area contributed by atoms with E-state index in [1.54, 1.807) is 0 Å². The van der Waals surface area contributed by atoms with Crippen LogP contribution < -0.4 is 0 Å². The minimum atomic E-state index is -0.764. The van der Waals surface area contributed by atoms with Crippen molar-refractivity contribution in [3.05, 3.63) is 35.9 Å². The summed E-state index contributed by atoms with van der Waals surface area (Å²) in [5.41, 5.74) is 0.606. The summed E-state index contributed by atoms with van der Waals surface area (Å²) in [6, 6.07) is 9.95. The van der Waals surface area contributed by atoms with Crippen LogP contribution in [0.5, 0.6) is 0 Å². The predicted octanol–water partition coefficient (Wildman–Crippen LogP) is 2.73. The monoisotopic (exact) mass is 263 g/mol. The fourth-order valence-corrected chi connectivity index (χ4v) is 2.30. The van der Waals surface area contributed by atoms with Crippen LogP contribution >= 0.6 is 0 Å². The highest BCUT2D eigenvalue weighted by atomic mass is 16.6. The lowest BCUT2D eigenvalue weighted by Crippen LogP contribution is -2.39. The van der Waals surface area contributed by atoms with E-state index < -0.39 is 17.9 Å². The van der Waals surface area contributed by atoms with Crippen molar-refractivity contribution in [2.45, 2.75) is 44.9 Å². The van der Waals surface area contributed by atoms with E-state index in [1.165, 1.54) is 4.90 Å². The van der Waals surface area contributed by atoms with Gasteiger partial charge in [-0.1, -0.05) is 30.3 Å². The Kier molecular flexibility index (Phi) is 3.80. The predicted molar refractivity (Wildman–Crippen MR) is 72.7 cm³/mol. The number of likely N-dealkylation sites (tertiary alicyclic amines) is 1. The van der Waals surface area contributed by atoms with Gasteiger partial charge in [0.15, 0.2) is 0 Å². The summed E-state index contributed by atoms with van der Waals surface area (Å²) in [4.78, 5) is 13.4. The van der Waals surface area contributed by atoms with Crippen LogP contribution in [-0.4, -0.2) is 34.5 Å². The van der Waals surface area contributed by atoms with Crippen LogP contribution in [0.3, 0.4) is 0 Å². The summed E-state index contributed by atoms with van der Waals surface area (Å²) in [7, 11) is 0. The average molecular weight is 263 g/mol. The molecule has 2 atom stereocenters. The maximum Gasteiger partial charge on any atom is 0.412 e. The standard InChI is InChI=1S/C15H21NO3/c1-15(2,3)19-14(18)16-10-12(9-13(16)17)11-7-5-4-6-8-11/h4-8,12-13,17H,9-10H2,1-3H3. The molecule has 0 spiro atoms. The van der Waals surface area contributed by atoms with Crippen molar-refractivity contribution in [2.24, 2.45) is 0 Å². The third kappa shape index (κ3) is 3.47. The second-order valence-electron chi connectivity index (χ2n) is 5.96. The van der Waals surface area contributed by atoms with E-state index in [0.717, 1.165) is 5.56 Å². The Morgan fingerprint density at radius 3 is 2.53 bits per heavy atom. The lowest BCUT2D eigenvalue weighted by atomic mass is 9.98. The van der Waals surface area contributed by atoms with Gasteiger partial charge in [0.2, 0.25) is 0 Å². The van der Waals surface area contributed by atoms with E-state index in [-0.39, 0.29) is 5.92 Å². The smallest absolute Gasteiger partial charge is 0.412 e. The topological polar surface area (TPSA) is 49.8 Å². The SMILES string of the molecule is CC(C)(C)OC(=O)N1CC(c2ccccc2)CC1O. The van der Waals surface area contributed by atoms with Gasteiger partial charge in [0.25, 0.3) is 0 Å². The molecule has 0 saturated carbocycles. The molecule has 0 aromatic heterocycles. The molecule has 1 heterocycles. The number of aliphatic hydroxyl groups excluding tert-OH is 1. The van der Waals surface area contributed by atoms with Gasteiger partial charge in [-0.05, 0) is 26.3 Å². The summed E-state index contributed by atoms with van der Waals surface area (Å²) in [6.07, 6.45) is -0.651. The van der Waals surface area contributed by atoms with Crippen molar-refractivity contribution in [1.82, 2.24) is 4.90 Å². The van der Waals surface area contributed by atoms with Crippen LogP contribution in [0.2, 0.25) is 0 Å². The lowest BCUT2D eigenvalue weighted by molar-refractivity contribution is -0.0128. The van der Waals surface area contributed by atoms with Crippen molar-refractivity contribution in [2.75, 3.05) is 6.54 Å². The first-order valence-corrected chi connectivity index (χ1v) is 6.59. The number of rotatable bonds is 1. The molecule has 0 radical (unpaired) electrons. The molecular weight excluding hydrogens is 242 g/mol. The Labute approximate surface area is 114 Å². The summed E-state index contributed by atoms with van der Waals surface area (Å²) >= 11 is 0. The molecule has 1 aliphatic rings. The van der Waals surface area contributed by atoms with Crippen LogP contribution in [0.15, 0.2) is 30.3 Å². The molecule has 4 heteroatoms. The molecule has 104 valence electrons. The molecular formula is C15H21NO3. The molecule has 19 heavy (non-hydrogen) atoms. The zero-order chi connectivity index (χ0) is 14.0. The number of hydrogen-bond donors (Lipinski definition) is 1. The van der Waals surface area contributed by atoms with E-state index in [9.17, 15) is 9.90 Å². The maximum atomic E-state index is 12.0. The summed E-state index contributed by atoms with van der Waals surface area (Å²) in [5, 5.41) is 10.0. The Morgan fingerprint density at radius 1 is 1.32 bits per heavy atom. The molecule has 1 aromatic carbocycles. The van der Waals surface area contributed by atoms with Gasteiger partial charge in [-0.25, -0.2) is 4.79 Å². The number of carbonyl (C=O) groups excluding carboxylic acids is 1.